The average Bonchev–Trinajstić information content (AvgIpc) is 2.19. The van der Waals surface area contributed by atoms with E-state index < -0.39 is 43.3 Å². The number of hydrogen-bond donors (Lipinski definition) is 0. The highest BCUT2D eigenvalue weighted by Crippen LogP contribution is 2.16. The minimum atomic E-state index is -3.02. The van der Waals surface area contributed by atoms with Crippen LogP contribution >= 0.6 is 15.9 Å². The van der Waals surface area contributed by atoms with Crippen molar-refractivity contribution in [3.63, 3.8) is 0 Å². The Bertz CT molecular complexity index is 553. The van der Waals surface area contributed by atoms with Crippen molar-refractivity contribution >= 4 is 21.9 Å². The average molecular weight is 238 g/mol. The smallest absolute Gasteiger partial charge is 0.340 e. The van der Waals surface area contributed by atoms with Crippen molar-refractivity contribution in [2.75, 3.05) is 7.04 Å². The molecule has 1 heterocycles. The van der Waals surface area contributed by atoms with Gasteiger partial charge in [0, 0.05) is 20.5 Å². The summed E-state index contributed by atoms with van der Waals surface area (Å²) in [5.41, 5.74) is -1.28. The van der Waals surface area contributed by atoms with Gasteiger partial charge >= 0.3 is 5.97 Å². The lowest BCUT2D eigenvalue weighted by Crippen LogP contribution is -2.03. The van der Waals surface area contributed by atoms with Crippen LogP contribution in [0.3, 0.4) is 0 Å². The number of ether oxygens (including phenoxy) is 1. The lowest BCUT2D eigenvalue weighted by Gasteiger charge is -2.01. The van der Waals surface area contributed by atoms with E-state index in [1.54, 1.807) is 0 Å². The Morgan fingerprint density at radius 1 is 1.92 bits per heavy atom. The molecule has 0 amide bonds. The summed E-state index contributed by atoms with van der Waals surface area (Å²) in [6, 6.07) is -0.626. The first-order valence-corrected chi connectivity index (χ1v) is 3.54. The van der Waals surface area contributed by atoms with Crippen molar-refractivity contribution in [3.8, 4) is 0 Å². The van der Waals surface area contributed by atoms with Crippen LogP contribution in [0.25, 0.3) is 0 Å². The number of methoxy groups -OCH3 is 1. The first-order valence-electron chi connectivity index (χ1n) is 6.75. The summed E-state index contributed by atoms with van der Waals surface area (Å²) in [4.78, 5) is 15.0. The Hall–Kier alpha value is -0.900. The maximum atomic E-state index is 11.6. The quantitative estimate of drug-likeness (QED) is 0.702. The molecule has 0 unspecified atom stereocenters. The molecule has 3 nitrogen and oxygen atoms in total. The molecule has 0 N–H and O–H groups in total. The van der Waals surface area contributed by atoms with Gasteiger partial charge in [0.15, 0.2) is 0 Å². The van der Waals surface area contributed by atoms with E-state index in [9.17, 15) is 4.79 Å². The lowest BCUT2D eigenvalue weighted by molar-refractivity contribution is 0.0599. The molecule has 0 saturated carbocycles. The van der Waals surface area contributed by atoms with Crippen LogP contribution in [0.4, 0.5) is 0 Å². The van der Waals surface area contributed by atoms with Crippen molar-refractivity contribution in [2.24, 2.45) is 0 Å². The maximum absolute atomic E-state index is 11.6. The summed E-state index contributed by atoms with van der Waals surface area (Å²) in [6.07, 6.45) is -0.784. The fourth-order valence-corrected chi connectivity index (χ4v) is 0.980. The molecular weight excluding hydrogens is 222 g/mol. The van der Waals surface area contributed by atoms with Crippen molar-refractivity contribution in [1.82, 2.24) is 4.98 Å². The van der Waals surface area contributed by atoms with Gasteiger partial charge in [0.25, 0.3) is 0 Å². The van der Waals surface area contributed by atoms with E-state index in [2.05, 4.69) is 25.7 Å². The van der Waals surface area contributed by atoms with Crippen molar-refractivity contribution in [2.45, 2.75) is 6.85 Å². The SMILES string of the molecule is [2H]c1nc(C([2H])([2H])[2H])c([2H])c(Br)c1C(=O)OC([2H])([2H])[2H]. The Balaban J connectivity index is 3.39. The molecule has 4 heteroatoms. The molecule has 0 aliphatic carbocycles. The normalized spacial score (nSPS) is 21.4. The third-order valence-electron chi connectivity index (χ3n) is 1.02. The fraction of sp³-hybridized carbons (Fsp3) is 0.250. The summed E-state index contributed by atoms with van der Waals surface area (Å²) in [6.45, 7) is -2.73. The van der Waals surface area contributed by atoms with Crippen LogP contribution in [0.1, 0.15) is 27.0 Å². The summed E-state index contributed by atoms with van der Waals surface area (Å²) >= 11 is 2.80. The van der Waals surface area contributed by atoms with E-state index >= 15 is 0 Å². The summed E-state index contributed by atoms with van der Waals surface area (Å²) in [5.74, 6) is -1.39. The van der Waals surface area contributed by atoms with Gasteiger partial charge in [0.1, 0.15) is 0 Å². The van der Waals surface area contributed by atoms with Crippen LogP contribution < -0.4 is 0 Å². The van der Waals surface area contributed by atoms with E-state index in [0.717, 1.165) is 0 Å². The van der Waals surface area contributed by atoms with Crippen LogP contribution in [0.2, 0.25) is 0 Å². The van der Waals surface area contributed by atoms with E-state index in [1.807, 2.05) is 0 Å². The standard InChI is InChI=1S/C8H8BrNO2/c1-5-3-7(9)6(4-10-5)8(11)12-2/h3-4H,1-2H3/i1D3,2D3,3D,4D. The Morgan fingerprint density at radius 3 is 3.42 bits per heavy atom. The Kier molecular flexibility index (Phi) is 0.949. The topological polar surface area (TPSA) is 39.2 Å². The molecule has 0 bridgehead atoms. The van der Waals surface area contributed by atoms with E-state index in [-0.39, 0.29) is 4.47 Å². The van der Waals surface area contributed by atoms with Crippen LogP contribution in [-0.4, -0.2) is 18.0 Å². The molecule has 64 valence electrons. The van der Waals surface area contributed by atoms with Crippen LogP contribution in [-0.2, 0) is 4.74 Å². The van der Waals surface area contributed by atoms with E-state index in [4.69, 9.17) is 11.0 Å². The number of carbonyl (C=O) groups excluding carboxylic acids is 1. The number of rotatable bonds is 1. The lowest BCUT2D eigenvalue weighted by atomic mass is 10.2. The number of aromatic nitrogens is 1. The van der Waals surface area contributed by atoms with Crippen molar-refractivity contribution in [1.29, 1.82) is 0 Å². The largest absolute Gasteiger partial charge is 0.465 e. The number of halogens is 1. The van der Waals surface area contributed by atoms with Gasteiger partial charge in [-0.05, 0) is 28.8 Å². The molecule has 0 aliphatic heterocycles. The number of hydrogen-bond acceptors (Lipinski definition) is 3. The second-order valence-electron chi connectivity index (χ2n) is 1.78. The van der Waals surface area contributed by atoms with Crippen LogP contribution in [0, 0.1) is 6.85 Å². The van der Waals surface area contributed by atoms with E-state index in [0.29, 0.717) is 0 Å². The second kappa shape index (κ2) is 3.67. The Morgan fingerprint density at radius 2 is 2.75 bits per heavy atom. The highest BCUT2D eigenvalue weighted by molar-refractivity contribution is 9.10. The number of nitrogens with zero attached hydrogens (tertiary/aromatic N) is 1. The molecule has 12 heavy (non-hydrogen) atoms. The molecular formula is C8H8BrNO2. The molecule has 1 aromatic heterocycles. The number of pyridine rings is 1. The van der Waals surface area contributed by atoms with Gasteiger partial charge < -0.3 is 4.74 Å². The number of esters is 1. The van der Waals surface area contributed by atoms with Gasteiger partial charge in [-0.1, -0.05) is 0 Å². The first kappa shape index (κ1) is 3.10. The van der Waals surface area contributed by atoms with Gasteiger partial charge in [-0.2, -0.15) is 0 Å². The third-order valence-corrected chi connectivity index (χ3v) is 1.62. The molecule has 1 rings (SSSR count). The monoisotopic (exact) mass is 237 g/mol. The van der Waals surface area contributed by atoms with Gasteiger partial charge in [-0.15, -0.1) is 0 Å². The minimum absolute atomic E-state index is 0.349. The van der Waals surface area contributed by atoms with Crippen LogP contribution in [0.5, 0.6) is 0 Å². The zero-order valence-corrected chi connectivity index (χ0v) is 7.23. The first-order chi connectivity index (χ1) is 8.84. The highest BCUT2D eigenvalue weighted by atomic mass is 79.9. The van der Waals surface area contributed by atoms with E-state index in [1.165, 1.54) is 0 Å². The third kappa shape index (κ3) is 1.82. The molecule has 0 saturated heterocycles. The predicted molar refractivity (Wildman–Crippen MR) is 48.0 cm³/mol. The predicted octanol–water partition coefficient (Wildman–Crippen LogP) is 1.94. The Labute approximate surface area is 90.1 Å². The summed E-state index contributed by atoms with van der Waals surface area (Å²) < 4.78 is 60.8. The zero-order valence-electron chi connectivity index (χ0n) is 13.6. The second-order valence-corrected chi connectivity index (χ2v) is 2.57. The summed E-state index contributed by atoms with van der Waals surface area (Å²) in [5, 5.41) is 0. The molecule has 0 spiro atoms. The van der Waals surface area contributed by atoms with Gasteiger partial charge in [-0.25, -0.2) is 4.79 Å². The van der Waals surface area contributed by atoms with Crippen molar-refractivity contribution < 1.29 is 20.5 Å². The molecule has 0 aromatic carbocycles. The molecule has 1 aromatic rings. The van der Waals surface area contributed by atoms with Crippen LogP contribution in [0.15, 0.2) is 16.7 Å². The maximum Gasteiger partial charge on any atom is 0.340 e. The number of aryl methyl sites for hydroxylation is 1. The summed E-state index contributed by atoms with van der Waals surface area (Å²) in [7, 11) is -3.02. The fourth-order valence-electron chi connectivity index (χ4n) is 0.542. The molecule has 0 radical (unpaired) electrons. The number of carbonyl (C=O) groups is 1. The zero-order chi connectivity index (χ0) is 15.9. The van der Waals surface area contributed by atoms with Gasteiger partial charge in [0.05, 0.1) is 19.5 Å². The molecule has 0 fully saturated rings. The molecule has 0 aliphatic rings. The van der Waals surface area contributed by atoms with Crippen molar-refractivity contribution in [3.05, 3.63) is 27.9 Å². The highest BCUT2D eigenvalue weighted by Gasteiger charge is 2.09. The van der Waals surface area contributed by atoms with Gasteiger partial charge in [0.2, 0.25) is 0 Å². The molecule has 0 atom stereocenters. The minimum Gasteiger partial charge on any atom is -0.465 e. The van der Waals surface area contributed by atoms with Gasteiger partial charge in [-0.3, -0.25) is 4.98 Å².